The fourth-order valence-electron chi connectivity index (χ4n) is 3.94. The highest BCUT2D eigenvalue weighted by molar-refractivity contribution is 5.87. The maximum absolute atomic E-state index is 11.8. The molecule has 5 nitrogen and oxygen atoms in total. The summed E-state index contributed by atoms with van der Waals surface area (Å²) in [5, 5.41) is 14.1. The van der Waals surface area contributed by atoms with Crippen molar-refractivity contribution in [2.24, 2.45) is 0 Å². The molecule has 2 heterocycles. The molecular weight excluding hydrogens is 328 g/mol. The van der Waals surface area contributed by atoms with Gasteiger partial charge in [-0.05, 0) is 41.3 Å². The lowest BCUT2D eigenvalue weighted by atomic mass is 9.88. The molecule has 0 saturated heterocycles. The molecular formula is C21H22N2O3. The first kappa shape index (κ1) is 16.7. The van der Waals surface area contributed by atoms with Crippen molar-refractivity contribution in [3.63, 3.8) is 0 Å². The van der Waals surface area contributed by atoms with Gasteiger partial charge in [-0.1, -0.05) is 31.2 Å². The van der Waals surface area contributed by atoms with Gasteiger partial charge in [-0.15, -0.1) is 0 Å². The first-order valence-electron chi connectivity index (χ1n) is 8.87. The first-order chi connectivity index (χ1) is 12.6. The molecule has 4 rings (SSSR count). The number of rotatable bonds is 4. The van der Waals surface area contributed by atoms with E-state index in [0.29, 0.717) is 6.42 Å². The normalized spacial score (nSPS) is 19.3. The molecule has 26 heavy (non-hydrogen) atoms. The molecule has 2 atom stereocenters. The molecule has 3 aromatic rings. The number of fused-ring (bicyclic) bond motifs is 3. The lowest BCUT2D eigenvalue weighted by Crippen LogP contribution is -2.45. The molecule has 0 aliphatic carbocycles. The van der Waals surface area contributed by atoms with E-state index in [2.05, 4.69) is 23.3 Å². The highest BCUT2D eigenvalue weighted by Gasteiger charge is 2.34. The maximum atomic E-state index is 11.8. The van der Waals surface area contributed by atoms with E-state index in [1.54, 1.807) is 7.11 Å². The molecule has 0 spiro atoms. The zero-order valence-corrected chi connectivity index (χ0v) is 14.9. The number of ether oxygens (including phenoxy) is 1. The number of benzene rings is 2. The number of aliphatic carboxylic acids is 1. The van der Waals surface area contributed by atoms with Crippen molar-refractivity contribution in [1.82, 2.24) is 10.3 Å². The van der Waals surface area contributed by atoms with Crippen molar-refractivity contribution < 1.29 is 14.6 Å². The SMILES string of the molecule is CCc1cc(OC)ccc1C1NC(C(=O)O)Cc2c1[nH]c1ccccc21. The number of methoxy groups -OCH3 is 1. The van der Waals surface area contributed by atoms with Gasteiger partial charge in [-0.2, -0.15) is 0 Å². The first-order valence-corrected chi connectivity index (χ1v) is 8.87. The van der Waals surface area contributed by atoms with Crippen LogP contribution in [0.4, 0.5) is 0 Å². The van der Waals surface area contributed by atoms with Crippen LogP contribution < -0.4 is 10.1 Å². The average molecular weight is 350 g/mol. The molecule has 0 amide bonds. The predicted molar refractivity (Wildman–Crippen MR) is 101 cm³/mol. The van der Waals surface area contributed by atoms with Gasteiger partial charge in [0.2, 0.25) is 0 Å². The fourth-order valence-corrected chi connectivity index (χ4v) is 3.94. The van der Waals surface area contributed by atoms with E-state index in [1.807, 2.05) is 36.4 Å². The zero-order chi connectivity index (χ0) is 18.3. The smallest absolute Gasteiger partial charge is 0.321 e. The summed E-state index contributed by atoms with van der Waals surface area (Å²) in [6.07, 6.45) is 1.32. The second-order valence-corrected chi connectivity index (χ2v) is 6.68. The molecule has 2 aromatic carbocycles. The summed E-state index contributed by atoms with van der Waals surface area (Å²) >= 11 is 0. The van der Waals surface area contributed by atoms with Gasteiger partial charge in [0.1, 0.15) is 11.8 Å². The van der Waals surface area contributed by atoms with E-state index in [0.717, 1.165) is 45.5 Å². The molecule has 0 bridgehead atoms. The average Bonchev–Trinajstić information content (AvgIpc) is 3.05. The van der Waals surface area contributed by atoms with Gasteiger partial charge in [0, 0.05) is 23.0 Å². The molecule has 1 aliphatic rings. The number of hydrogen-bond acceptors (Lipinski definition) is 3. The van der Waals surface area contributed by atoms with Crippen molar-refractivity contribution in [3.05, 3.63) is 64.8 Å². The van der Waals surface area contributed by atoms with Crippen LogP contribution in [0.25, 0.3) is 10.9 Å². The van der Waals surface area contributed by atoms with Crippen molar-refractivity contribution in [2.75, 3.05) is 7.11 Å². The van der Waals surface area contributed by atoms with E-state index in [1.165, 1.54) is 0 Å². The van der Waals surface area contributed by atoms with Gasteiger partial charge < -0.3 is 14.8 Å². The van der Waals surface area contributed by atoms with Crippen LogP contribution in [0.1, 0.15) is 35.3 Å². The quantitative estimate of drug-likeness (QED) is 0.674. The van der Waals surface area contributed by atoms with Crippen molar-refractivity contribution in [1.29, 1.82) is 0 Å². The Morgan fingerprint density at radius 1 is 1.27 bits per heavy atom. The van der Waals surface area contributed by atoms with Crippen LogP contribution in [-0.4, -0.2) is 29.2 Å². The number of carboxylic acid groups (broad SMARTS) is 1. The zero-order valence-electron chi connectivity index (χ0n) is 14.9. The number of para-hydroxylation sites is 1. The third-order valence-electron chi connectivity index (χ3n) is 5.25. The minimum atomic E-state index is -0.822. The van der Waals surface area contributed by atoms with Gasteiger partial charge >= 0.3 is 5.97 Å². The summed E-state index contributed by atoms with van der Waals surface area (Å²) in [7, 11) is 1.66. The molecule has 5 heteroatoms. The topological polar surface area (TPSA) is 74.3 Å². The summed E-state index contributed by atoms with van der Waals surface area (Å²) in [6, 6.07) is 13.3. The predicted octanol–water partition coefficient (Wildman–Crippen LogP) is 3.43. The lowest BCUT2D eigenvalue weighted by Gasteiger charge is -2.31. The van der Waals surface area contributed by atoms with Crippen LogP contribution in [0, 0.1) is 0 Å². The summed E-state index contributed by atoms with van der Waals surface area (Å²) < 4.78 is 5.35. The third kappa shape index (κ3) is 2.65. The summed E-state index contributed by atoms with van der Waals surface area (Å²) in [6.45, 7) is 2.10. The van der Waals surface area contributed by atoms with Gasteiger partial charge in [-0.3, -0.25) is 10.1 Å². The number of carboxylic acids is 1. The largest absolute Gasteiger partial charge is 0.497 e. The van der Waals surface area contributed by atoms with Crippen LogP contribution in [0.15, 0.2) is 42.5 Å². The highest BCUT2D eigenvalue weighted by Crippen LogP contribution is 2.37. The van der Waals surface area contributed by atoms with E-state index < -0.39 is 12.0 Å². The van der Waals surface area contributed by atoms with E-state index in [9.17, 15) is 9.90 Å². The molecule has 134 valence electrons. The van der Waals surface area contributed by atoms with Crippen molar-refractivity contribution in [2.45, 2.75) is 31.8 Å². The Morgan fingerprint density at radius 3 is 2.81 bits per heavy atom. The number of nitrogens with one attached hydrogen (secondary N) is 2. The number of aryl methyl sites for hydroxylation is 1. The van der Waals surface area contributed by atoms with Crippen molar-refractivity contribution >= 4 is 16.9 Å². The molecule has 0 fully saturated rings. The van der Waals surface area contributed by atoms with E-state index in [-0.39, 0.29) is 6.04 Å². The van der Waals surface area contributed by atoms with Gasteiger partial charge in [-0.25, -0.2) is 0 Å². The number of carbonyl (C=O) groups is 1. The van der Waals surface area contributed by atoms with Crippen LogP contribution in [0.3, 0.4) is 0 Å². The van der Waals surface area contributed by atoms with Gasteiger partial charge in [0.25, 0.3) is 0 Å². The fraction of sp³-hybridized carbons (Fsp3) is 0.286. The second-order valence-electron chi connectivity index (χ2n) is 6.68. The minimum Gasteiger partial charge on any atom is -0.497 e. The Bertz CT molecular complexity index is 977. The molecule has 0 radical (unpaired) electrons. The van der Waals surface area contributed by atoms with E-state index in [4.69, 9.17) is 4.74 Å². The summed E-state index contributed by atoms with van der Waals surface area (Å²) in [5.41, 5.74) is 5.43. The monoisotopic (exact) mass is 350 g/mol. The number of hydrogen-bond donors (Lipinski definition) is 3. The Labute approximate surface area is 152 Å². The second kappa shape index (κ2) is 6.50. The summed E-state index contributed by atoms with van der Waals surface area (Å²) in [4.78, 5) is 15.3. The van der Waals surface area contributed by atoms with Gasteiger partial charge in [0.15, 0.2) is 0 Å². The molecule has 1 aromatic heterocycles. The maximum Gasteiger partial charge on any atom is 0.321 e. The van der Waals surface area contributed by atoms with Crippen molar-refractivity contribution in [3.8, 4) is 5.75 Å². The number of aromatic nitrogens is 1. The van der Waals surface area contributed by atoms with Crippen LogP contribution >= 0.6 is 0 Å². The van der Waals surface area contributed by atoms with Crippen LogP contribution in [-0.2, 0) is 17.6 Å². The lowest BCUT2D eigenvalue weighted by molar-refractivity contribution is -0.139. The Balaban J connectivity index is 1.90. The van der Waals surface area contributed by atoms with Crippen LogP contribution in [0.5, 0.6) is 5.75 Å². The molecule has 0 saturated carbocycles. The van der Waals surface area contributed by atoms with E-state index >= 15 is 0 Å². The number of aromatic amines is 1. The Hall–Kier alpha value is -2.79. The highest BCUT2D eigenvalue weighted by atomic mass is 16.5. The minimum absolute atomic E-state index is 0.187. The van der Waals surface area contributed by atoms with Gasteiger partial charge in [0.05, 0.1) is 13.2 Å². The summed E-state index contributed by atoms with van der Waals surface area (Å²) in [5.74, 6) is -0.00874. The third-order valence-corrected chi connectivity index (χ3v) is 5.25. The Morgan fingerprint density at radius 2 is 2.08 bits per heavy atom. The Kier molecular flexibility index (Phi) is 4.17. The number of H-pyrrole nitrogens is 1. The van der Waals surface area contributed by atoms with Crippen LogP contribution in [0.2, 0.25) is 0 Å². The standard InChI is InChI=1S/C21H22N2O3/c1-3-12-10-13(26-2)8-9-14(12)19-20-16(11-18(23-19)21(24)25)15-6-4-5-7-17(15)22-20/h4-10,18-19,22-23H,3,11H2,1-2H3,(H,24,25). The molecule has 2 unspecified atom stereocenters. The molecule has 3 N–H and O–H groups in total. The molecule has 1 aliphatic heterocycles.